The van der Waals surface area contributed by atoms with Gasteiger partial charge >= 0.3 is 0 Å². The molecule has 1 amide bonds. The van der Waals surface area contributed by atoms with Crippen LogP contribution in [0.25, 0.3) is 5.65 Å². The Kier molecular flexibility index (Phi) is 6.50. The van der Waals surface area contributed by atoms with E-state index < -0.39 is 0 Å². The molecule has 7 nitrogen and oxygen atoms in total. The van der Waals surface area contributed by atoms with Gasteiger partial charge in [-0.3, -0.25) is 14.7 Å². The maximum absolute atomic E-state index is 14.5. The molecule has 3 aromatic rings. The van der Waals surface area contributed by atoms with E-state index in [1.807, 2.05) is 21.6 Å². The summed E-state index contributed by atoms with van der Waals surface area (Å²) < 4.78 is 21.9. The Hall–Kier alpha value is -3.52. The number of carbonyl (C=O) groups excluding carboxylic acids is 1. The number of piperidine rings is 1. The maximum atomic E-state index is 14.5. The number of benzene rings is 1. The van der Waals surface area contributed by atoms with E-state index in [-0.39, 0.29) is 17.6 Å². The lowest BCUT2D eigenvalue weighted by Gasteiger charge is -2.35. The van der Waals surface area contributed by atoms with Crippen molar-refractivity contribution in [3.63, 3.8) is 0 Å². The largest absolute Gasteiger partial charge is 0.496 e. The van der Waals surface area contributed by atoms with Crippen molar-refractivity contribution >= 4 is 17.3 Å². The molecule has 1 aromatic carbocycles. The van der Waals surface area contributed by atoms with E-state index in [2.05, 4.69) is 22.1 Å². The van der Waals surface area contributed by atoms with Crippen LogP contribution in [0.3, 0.4) is 0 Å². The normalized spacial score (nSPS) is 20.3. The molecule has 0 radical (unpaired) electrons. The van der Waals surface area contributed by atoms with Gasteiger partial charge in [0.25, 0.3) is 0 Å². The van der Waals surface area contributed by atoms with E-state index in [4.69, 9.17) is 9.73 Å². The van der Waals surface area contributed by atoms with Crippen LogP contribution in [-0.2, 0) is 11.3 Å². The molecule has 0 bridgehead atoms. The quantitative estimate of drug-likeness (QED) is 0.510. The number of pyridine rings is 1. The average molecular weight is 502 g/mol. The SMILES string of the molecule is COc1cccc(F)c1CN1CCC[C@@H](CC(=O)N2CCC3=C(C2)C(c2ccc4nccn4c2)=NC3)C1. The molecule has 0 aliphatic carbocycles. The number of rotatable bonds is 6. The third-order valence-electron chi connectivity index (χ3n) is 7.93. The van der Waals surface area contributed by atoms with Crippen LogP contribution in [0, 0.1) is 11.7 Å². The fourth-order valence-electron chi connectivity index (χ4n) is 5.97. The van der Waals surface area contributed by atoms with E-state index in [1.165, 1.54) is 17.2 Å². The number of nitrogens with zero attached hydrogens (tertiary/aromatic N) is 5. The van der Waals surface area contributed by atoms with Crippen molar-refractivity contribution in [2.75, 3.05) is 39.8 Å². The standard InChI is InChI=1S/C29H32FN5O2/c1-37-26-6-2-5-25(30)24(26)18-33-11-3-4-20(16-33)14-28(36)35-12-9-21-15-32-29(23(21)19-35)22-7-8-27-31-10-13-34(27)17-22/h2,5-8,10,13,17,20H,3-4,9,11-12,14-16,18-19H2,1H3/t20-/m0/s1. The van der Waals surface area contributed by atoms with Crippen LogP contribution in [0.1, 0.15) is 36.8 Å². The monoisotopic (exact) mass is 501 g/mol. The maximum Gasteiger partial charge on any atom is 0.223 e. The van der Waals surface area contributed by atoms with Gasteiger partial charge in [0.05, 0.1) is 19.4 Å². The Morgan fingerprint density at radius 3 is 3.03 bits per heavy atom. The van der Waals surface area contributed by atoms with Gasteiger partial charge in [-0.25, -0.2) is 9.37 Å². The first-order valence-corrected chi connectivity index (χ1v) is 13.1. The second-order valence-electron chi connectivity index (χ2n) is 10.3. The summed E-state index contributed by atoms with van der Waals surface area (Å²) in [4.78, 5) is 26.9. The Balaban J connectivity index is 1.10. The minimum absolute atomic E-state index is 0.207. The second kappa shape index (κ2) is 10.1. The molecule has 5 heterocycles. The summed E-state index contributed by atoms with van der Waals surface area (Å²) in [5, 5.41) is 0. The number of methoxy groups -OCH3 is 1. The molecule has 8 heteroatoms. The lowest BCUT2D eigenvalue weighted by molar-refractivity contribution is -0.132. The minimum Gasteiger partial charge on any atom is -0.496 e. The van der Waals surface area contributed by atoms with E-state index in [9.17, 15) is 9.18 Å². The number of fused-ring (bicyclic) bond motifs is 1. The van der Waals surface area contributed by atoms with Gasteiger partial charge in [-0.15, -0.1) is 0 Å². The summed E-state index contributed by atoms with van der Waals surface area (Å²) in [6.07, 6.45) is 9.25. The van der Waals surface area contributed by atoms with Crippen molar-refractivity contribution in [3.05, 3.63) is 77.0 Å². The van der Waals surface area contributed by atoms with Crippen molar-refractivity contribution in [1.82, 2.24) is 19.2 Å². The van der Waals surface area contributed by atoms with Crippen LogP contribution < -0.4 is 4.74 Å². The van der Waals surface area contributed by atoms with Gasteiger partial charge in [-0.2, -0.15) is 0 Å². The molecule has 1 saturated heterocycles. The molecule has 0 saturated carbocycles. The first-order chi connectivity index (χ1) is 18.1. The number of aliphatic imine (C=N–C) groups is 1. The van der Waals surface area contributed by atoms with E-state index in [0.717, 1.165) is 62.4 Å². The smallest absolute Gasteiger partial charge is 0.223 e. The molecule has 0 N–H and O–H groups in total. The molecule has 1 atom stereocenters. The molecule has 192 valence electrons. The summed E-state index contributed by atoms with van der Waals surface area (Å²) in [5.74, 6) is 0.820. The lowest BCUT2D eigenvalue weighted by atomic mass is 9.92. The summed E-state index contributed by atoms with van der Waals surface area (Å²) in [6.45, 7) is 4.31. The van der Waals surface area contributed by atoms with E-state index in [0.29, 0.717) is 30.8 Å². The highest BCUT2D eigenvalue weighted by molar-refractivity contribution is 6.15. The molecule has 1 fully saturated rings. The zero-order chi connectivity index (χ0) is 25.4. The summed E-state index contributed by atoms with van der Waals surface area (Å²) in [7, 11) is 1.58. The topological polar surface area (TPSA) is 62.4 Å². The Bertz CT molecular complexity index is 1390. The van der Waals surface area contributed by atoms with Gasteiger partial charge in [-0.05, 0) is 67.1 Å². The van der Waals surface area contributed by atoms with Crippen LogP contribution in [0.15, 0.2) is 65.1 Å². The predicted octanol–water partition coefficient (Wildman–Crippen LogP) is 4.12. The third-order valence-corrected chi connectivity index (χ3v) is 7.93. The molecule has 3 aliphatic heterocycles. The first kappa shape index (κ1) is 23.9. The van der Waals surface area contributed by atoms with E-state index >= 15 is 0 Å². The van der Waals surface area contributed by atoms with E-state index in [1.54, 1.807) is 25.4 Å². The third kappa shape index (κ3) is 4.78. The van der Waals surface area contributed by atoms with Crippen LogP contribution in [0.2, 0.25) is 0 Å². The van der Waals surface area contributed by atoms with Crippen LogP contribution in [-0.4, -0.2) is 70.6 Å². The number of imidazole rings is 1. The lowest BCUT2D eigenvalue weighted by Crippen LogP contribution is -2.41. The molecule has 0 unspecified atom stereocenters. The number of carbonyl (C=O) groups is 1. The number of aromatic nitrogens is 2. The van der Waals surface area contributed by atoms with Crippen molar-refractivity contribution in [2.24, 2.45) is 10.9 Å². The number of amides is 1. The van der Waals surface area contributed by atoms with Crippen LogP contribution >= 0.6 is 0 Å². The molecule has 37 heavy (non-hydrogen) atoms. The fourth-order valence-corrected chi connectivity index (χ4v) is 5.97. The Morgan fingerprint density at radius 2 is 2.14 bits per heavy atom. The van der Waals surface area contributed by atoms with Crippen LogP contribution in [0.5, 0.6) is 5.75 Å². The van der Waals surface area contributed by atoms with Gasteiger partial charge in [0.1, 0.15) is 17.2 Å². The highest BCUT2D eigenvalue weighted by Gasteiger charge is 2.31. The second-order valence-corrected chi connectivity index (χ2v) is 10.3. The zero-order valence-corrected chi connectivity index (χ0v) is 21.2. The van der Waals surface area contributed by atoms with Gasteiger partial charge in [0.2, 0.25) is 5.91 Å². The molecule has 2 aromatic heterocycles. The summed E-state index contributed by atoms with van der Waals surface area (Å²) in [5.41, 5.74) is 6.13. The van der Waals surface area contributed by atoms with Gasteiger partial charge in [0.15, 0.2) is 0 Å². The number of hydrogen-bond acceptors (Lipinski definition) is 5. The van der Waals surface area contributed by atoms with Gasteiger partial charge in [-0.1, -0.05) is 6.07 Å². The Morgan fingerprint density at radius 1 is 1.22 bits per heavy atom. The highest BCUT2D eigenvalue weighted by atomic mass is 19.1. The molecular weight excluding hydrogens is 469 g/mol. The van der Waals surface area contributed by atoms with Gasteiger partial charge in [0, 0.05) is 62.3 Å². The van der Waals surface area contributed by atoms with Gasteiger partial charge < -0.3 is 14.0 Å². The summed E-state index contributed by atoms with van der Waals surface area (Å²) >= 11 is 0. The molecule has 6 rings (SSSR count). The van der Waals surface area contributed by atoms with Crippen molar-refractivity contribution < 1.29 is 13.9 Å². The molecule has 3 aliphatic rings. The molecular formula is C29H32FN5O2. The zero-order valence-electron chi connectivity index (χ0n) is 21.2. The number of likely N-dealkylation sites (tertiary alicyclic amines) is 1. The number of ether oxygens (including phenoxy) is 1. The number of halogens is 1. The first-order valence-electron chi connectivity index (χ1n) is 13.1. The van der Waals surface area contributed by atoms with Crippen molar-refractivity contribution in [1.29, 1.82) is 0 Å². The average Bonchev–Trinajstić information content (AvgIpc) is 3.56. The van der Waals surface area contributed by atoms with Crippen LogP contribution in [0.4, 0.5) is 4.39 Å². The molecule has 0 spiro atoms. The fraction of sp³-hybridized carbons (Fsp3) is 0.414. The van der Waals surface area contributed by atoms with Crippen molar-refractivity contribution in [3.8, 4) is 5.75 Å². The Labute approximate surface area is 216 Å². The number of hydrogen-bond donors (Lipinski definition) is 0. The van der Waals surface area contributed by atoms with Crippen molar-refractivity contribution in [2.45, 2.75) is 32.2 Å². The minimum atomic E-state index is -0.240. The predicted molar refractivity (Wildman–Crippen MR) is 140 cm³/mol. The summed E-state index contributed by atoms with van der Waals surface area (Å²) in [6, 6.07) is 9.03. The highest BCUT2D eigenvalue weighted by Crippen LogP contribution is 2.30.